The van der Waals surface area contributed by atoms with Crippen molar-refractivity contribution < 1.29 is 9.53 Å². The molecule has 0 fully saturated rings. The lowest BCUT2D eigenvalue weighted by molar-refractivity contribution is -0.119. The largest absolute Gasteiger partial charge is 0.484 e. The summed E-state index contributed by atoms with van der Waals surface area (Å²) >= 11 is 0. The number of aromatic nitrogens is 1. The Bertz CT molecular complexity index is 541. The summed E-state index contributed by atoms with van der Waals surface area (Å²) in [7, 11) is 0. The van der Waals surface area contributed by atoms with E-state index >= 15 is 0 Å². The number of nitrogens with zero attached hydrogens (tertiary/aromatic N) is 1. The molecule has 0 unspecified atom stereocenters. The lowest BCUT2D eigenvalue weighted by Crippen LogP contribution is -2.20. The van der Waals surface area contributed by atoms with Gasteiger partial charge < -0.3 is 15.8 Å². The molecule has 0 aliphatic carbocycles. The number of carbonyl (C=O) groups excluding carboxylic acids is 1. The average Bonchev–Trinajstić information content (AvgIpc) is 2.47. The molecule has 1 heterocycles. The molecular weight excluding hydrogens is 254 g/mol. The summed E-state index contributed by atoms with van der Waals surface area (Å²) in [5.74, 6) is 0.159. The van der Waals surface area contributed by atoms with E-state index in [1.807, 2.05) is 42.6 Å². The second-order valence-electron chi connectivity index (χ2n) is 4.36. The molecule has 0 saturated carbocycles. The zero-order valence-electron chi connectivity index (χ0n) is 11.1. The number of nitrogens with one attached hydrogen (secondary N) is 1. The van der Waals surface area contributed by atoms with Crippen LogP contribution < -0.4 is 15.8 Å². The summed E-state index contributed by atoms with van der Waals surface area (Å²) in [5.41, 5.74) is 7.30. The van der Waals surface area contributed by atoms with Crippen LogP contribution in [0.15, 0.2) is 48.8 Å². The van der Waals surface area contributed by atoms with Crippen LogP contribution in [-0.2, 0) is 17.9 Å². The van der Waals surface area contributed by atoms with Gasteiger partial charge in [0.1, 0.15) is 5.75 Å². The molecule has 104 valence electrons. The fourth-order valence-electron chi connectivity index (χ4n) is 1.71. The minimum absolute atomic E-state index is 0.0986. The van der Waals surface area contributed by atoms with Crippen molar-refractivity contribution in [1.29, 1.82) is 0 Å². The van der Waals surface area contributed by atoms with Gasteiger partial charge in [-0.15, -0.1) is 0 Å². The Morgan fingerprint density at radius 3 is 2.55 bits per heavy atom. The van der Waals surface area contributed by atoms with E-state index in [1.54, 1.807) is 6.20 Å². The molecule has 0 aliphatic heterocycles. The molecule has 0 bridgehead atoms. The van der Waals surface area contributed by atoms with Crippen LogP contribution in [0.3, 0.4) is 0 Å². The van der Waals surface area contributed by atoms with Crippen molar-refractivity contribution in [2.45, 2.75) is 13.1 Å². The smallest absolute Gasteiger partial charge is 0.255 e. The van der Waals surface area contributed by atoms with Gasteiger partial charge in [-0.05, 0) is 29.3 Å². The van der Waals surface area contributed by atoms with Crippen molar-refractivity contribution in [3.8, 4) is 5.75 Å². The Balaban J connectivity index is 1.77. The van der Waals surface area contributed by atoms with Gasteiger partial charge >= 0.3 is 0 Å². The van der Waals surface area contributed by atoms with Crippen LogP contribution in [0.4, 0.5) is 0 Å². The molecule has 0 atom stereocenters. The molecule has 0 spiro atoms. The number of nitrogens with two attached hydrogens (primary N) is 1. The van der Waals surface area contributed by atoms with Crippen LogP contribution in [0.1, 0.15) is 11.1 Å². The van der Waals surface area contributed by atoms with Crippen LogP contribution >= 0.6 is 0 Å². The normalized spacial score (nSPS) is 10.2. The van der Waals surface area contributed by atoms with E-state index in [0.29, 0.717) is 5.75 Å². The van der Waals surface area contributed by atoms with E-state index in [9.17, 15) is 4.79 Å². The molecule has 0 saturated heterocycles. The summed E-state index contributed by atoms with van der Waals surface area (Å²) < 4.78 is 5.19. The minimum atomic E-state index is -0.479. The summed E-state index contributed by atoms with van der Waals surface area (Å²) in [4.78, 5) is 14.7. The first-order valence-electron chi connectivity index (χ1n) is 6.34. The monoisotopic (exact) mass is 271 g/mol. The number of hydrogen-bond donors (Lipinski definition) is 2. The van der Waals surface area contributed by atoms with Gasteiger partial charge in [-0.2, -0.15) is 0 Å². The molecule has 0 radical (unpaired) electrons. The van der Waals surface area contributed by atoms with Crippen molar-refractivity contribution in [3.63, 3.8) is 0 Å². The third-order valence-corrected chi connectivity index (χ3v) is 2.69. The Kier molecular flexibility index (Phi) is 5.08. The van der Waals surface area contributed by atoms with Gasteiger partial charge in [0.05, 0.1) is 0 Å². The molecule has 1 aromatic carbocycles. The van der Waals surface area contributed by atoms with Crippen molar-refractivity contribution >= 4 is 5.91 Å². The Labute approximate surface area is 117 Å². The standard InChI is InChI=1S/C15H17N3O2/c16-15(19)11-20-14-5-3-12(4-6-14)8-18-10-13-2-1-7-17-9-13/h1-7,9,18H,8,10-11H2,(H2,16,19). The van der Waals surface area contributed by atoms with Crippen LogP contribution in [0.5, 0.6) is 5.75 Å². The van der Waals surface area contributed by atoms with Crippen LogP contribution in [0.2, 0.25) is 0 Å². The molecule has 20 heavy (non-hydrogen) atoms. The van der Waals surface area contributed by atoms with Crippen molar-refractivity contribution in [2.24, 2.45) is 5.73 Å². The maximum absolute atomic E-state index is 10.6. The van der Waals surface area contributed by atoms with E-state index in [1.165, 1.54) is 0 Å². The second-order valence-corrected chi connectivity index (χ2v) is 4.36. The van der Waals surface area contributed by atoms with Crippen LogP contribution in [0, 0.1) is 0 Å². The molecule has 5 heteroatoms. The first-order valence-corrected chi connectivity index (χ1v) is 6.34. The first kappa shape index (κ1) is 14.0. The average molecular weight is 271 g/mol. The van der Waals surface area contributed by atoms with Gasteiger partial charge in [-0.1, -0.05) is 18.2 Å². The molecule has 0 aliphatic rings. The Morgan fingerprint density at radius 1 is 1.15 bits per heavy atom. The molecule has 1 amide bonds. The van der Waals surface area contributed by atoms with Crippen molar-refractivity contribution in [2.75, 3.05) is 6.61 Å². The summed E-state index contributed by atoms with van der Waals surface area (Å²) in [6, 6.07) is 11.5. The topological polar surface area (TPSA) is 77.2 Å². The highest BCUT2D eigenvalue weighted by molar-refractivity contribution is 5.75. The van der Waals surface area contributed by atoms with Crippen LogP contribution in [0.25, 0.3) is 0 Å². The number of benzene rings is 1. The summed E-state index contributed by atoms with van der Waals surface area (Å²) in [5, 5.41) is 3.33. The Hall–Kier alpha value is -2.40. The number of carbonyl (C=O) groups is 1. The second kappa shape index (κ2) is 7.25. The number of primary amides is 1. The molecule has 1 aromatic heterocycles. The predicted octanol–water partition coefficient (Wildman–Crippen LogP) is 1.24. The fourth-order valence-corrected chi connectivity index (χ4v) is 1.71. The quantitative estimate of drug-likeness (QED) is 0.794. The zero-order chi connectivity index (χ0) is 14.2. The third kappa shape index (κ3) is 4.70. The number of hydrogen-bond acceptors (Lipinski definition) is 4. The van der Waals surface area contributed by atoms with Gasteiger partial charge in [0, 0.05) is 25.5 Å². The number of amides is 1. The summed E-state index contributed by atoms with van der Waals surface area (Å²) in [6.07, 6.45) is 3.60. The van der Waals surface area contributed by atoms with E-state index in [-0.39, 0.29) is 6.61 Å². The highest BCUT2D eigenvalue weighted by Gasteiger charge is 1.98. The number of pyridine rings is 1. The minimum Gasteiger partial charge on any atom is -0.484 e. The lowest BCUT2D eigenvalue weighted by Gasteiger charge is -2.07. The van der Waals surface area contributed by atoms with E-state index < -0.39 is 5.91 Å². The van der Waals surface area contributed by atoms with Gasteiger partial charge in [0.2, 0.25) is 0 Å². The highest BCUT2D eigenvalue weighted by Crippen LogP contribution is 2.12. The first-order chi connectivity index (χ1) is 9.74. The molecule has 2 aromatic rings. The molecule has 5 nitrogen and oxygen atoms in total. The molecule has 3 N–H and O–H groups in total. The molecule has 2 rings (SSSR count). The zero-order valence-corrected chi connectivity index (χ0v) is 11.1. The Morgan fingerprint density at radius 2 is 1.90 bits per heavy atom. The maximum Gasteiger partial charge on any atom is 0.255 e. The van der Waals surface area contributed by atoms with E-state index in [2.05, 4.69) is 10.3 Å². The number of ether oxygens (including phenoxy) is 1. The van der Waals surface area contributed by atoms with Crippen molar-refractivity contribution in [3.05, 3.63) is 59.9 Å². The van der Waals surface area contributed by atoms with Gasteiger partial charge in [0.25, 0.3) is 5.91 Å². The van der Waals surface area contributed by atoms with Gasteiger partial charge in [-0.25, -0.2) is 0 Å². The molecular formula is C15H17N3O2. The van der Waals surface area contributed by atoms with Gasteiger partial charge in [-0.3, -0.25) is 9.78 Å². The third-order valence-electron chi connectivity index (χ3n) is 2.69. The fraction of sp³-hybridized carbons (Fsp3) is 0.200. The summed E-state index contributed by atoms with van der Waals surface area (Å²) in [6.45, 7) is 1.43. The van der Waals surface area contributed by atoms with Crippen molar-refractivity contribution in [1.82, 2.24) is 10.3 Å². The van der Waals surface area contributed by atoms with E-state index in [4.69, 9.17) is 10.5 Å². The van der Waals surface area contributed by atoms with Gasteiger partial charge in [0.15, 0.2) is 6.61 Å². The predicted molar refractivity (Wildman–Crippen MR) is 75.9 cm³/mol. The number of rotatable bonds is 7. The van der Waals surface area contributed by atoms with E-state index in [0.717, 1.165) is 24.2 Å². The van der Waals surface area contributed by atoms with Crippen LogP contribution in [-0.4, -0.2) is 17.5 Å². The highest BCUT2D eigenvalue weighted by atomic mass is 16.5. The maximum atomic E-state index is 10.6. The SMILES string of the molecule is NC(=O)COc1ccc(CNCc2cccnc2)cc1. The lowest BCUT2D eigenvalue weighted by atomic mass is 10.2.